The Morgan fingerprint density at radius 3 is 2.30 bits per heavy atom. The summed E-state index contributed by atoms with van der Waals surface area (Å²) >= 11 is 6.05. The largest absolute Gasteiger partial charge is 0.489 e. The van der Waals surface area contributed by atoms with Crippen LogP contribution in [-0.2, 0) is 20.0 Å². The van der Waals surface area contributed by atoms with Gasteiger partial charge in [0, 0.05) is 13.1 Å². The molecular weight excluding hydrogens is 448 g/mol. The maximum absolute atomic E-state index is 13.0. The fourth-order valence-electron chi connectivity index (χ4n) is 3.22. The highest BCUT2D eigenvalue weighted by molar-refractivity contribution is 7.93. The van der Waals surface area contributed by atoms with Crippen LogP contribution in [0.5, 0.6) is 5.75 Å². The Kier molecular flexibility index (Phi) is 6.96. The number of hydrogen-bond donors (Lipinski definition) is 1. The van der Waals surface area contributed by atoms with Gasteiger partial charge >= 0.3 is 0 Å². The number of rotatable bonds is 7. The molecule has 0 aromatic heterocycles. The van der Waals surface area contributed by atoms with Gasteiger partial charge in [0.05, 0.1) is 21.7 Å². The van der Waals surface area contributed by atoms with Gasteiger partial charge in [0.1, 0.15) is 10.6 Å². The van der Waals surface area contributed by atoms with Gasteiger partial charge in [0.25, 0.3) is 10.0 Å². The maximum Gasteiger partial charge on any atom is 0.263 e. The molecular formula is C20H25ClN2O5S2. The number of nitrogens with zero attached hydrogens (tertiary/aromatic N) is 1. The van der Waals surface area contributed by atoms with Gasteiger partial charge in [0.15, 0.2) is 0 Å². The van der Waals surface area contributed by atoms with E-state index in [1.807, 2.05) is 0 Å². The lowest BCUT2D eigenvalue weighted by atomic mass is 10.2. The maximum atomic E-state index is 13.0. The summed E-state index contributed by atoms with van der Waals surface area (Å²) in [5.74, 6) is 0.234. The van der Waals surface area contributed by atoms with Crippen molar-refractivity contribution in [2.24, 2.45) is 0 Å². The average molecular weight is 473 g/mol. The van der Waals surface area contributed by atoms with Crippen LogP contribution < -0.4 is 9.46 Å². The highest BCUT2D eigenvalue weighted by Crippen LogP contribution is 2.33. The van der Waals surface area contributed by atoms with E-state index >= 15 is 0 Å². The molecule has 30 heavy (non-hydrogen) atoms. The normalized spacial score (nSPS) is 15.9. The molecule has 0 aliphatic carbocycles. The third-order valence-corrected chi connectivity index (χ3v) is 8.40. The SMILES string of the molecule is CC(C)Oc1ccc(S(=O)(=O)N2CCCCC2)cc1NS(=O)(=O)c1ccccc1Cl. The van der Waals surface area contributed by atoms with Crippen molar-refractivity contribution in [2.45, 2.75) is 49.0 Å². The number of sulfonamides is 2. The number of halogens is 1. The van der Waals surface area contributed by atoms with Crippen molar-refractivity contribution in [3.63, 3.8) is 0 Å². The number of hydrogen-bond acceptors (Lipinski definition) is 5. The van der Waals surface area contributed by atoms with Crippen molar-refractivity contribution in [3.8, 4) is 5.75 Å². The smallest absolute Gasteiger partial charge is 0.263 e. The molecule has 3 rings (SSSR count). The summed E-state index contributed by atoms with van der Waals surface area (Å²) in [4.78, 5) is -0.0937. The van der Waals surface area contributed by atoms with Gasteiger partial charge in [0.2, 0.25) is 10.0 Å². The van der Waals surface area contributed by atoms with Crippen LogP contribution in [0.2, 0.25) is 5.02 Å². The van der Waals surface area contributed by atoms with Crippen LogP contribution in [0, 0.1) is 0 Å². The summed E-state index contributed by atoms with van der Waals surface area (Å²) in [6.45, 7) is 4.50. The van der Waals surface area contributed by atoms with Crippen LogP contribution in [0.3, 0.4) is 0 Å². The van der Waals surface area contributed by atoms with Gasteiger partial charge in [-0.15, -0.1) is 0 Å². The summed E-state index contributed by atoms with van der Waals surface area (Å²) in [5, 5.41) is 0.0634. The summed E-state index contributed by atoms with van der Waals surface area (Å²) in [6.07, 6.45) is 2.37. The molecule has 1 fully saturated rings. The standard InChI is InChI=1S/C20H25ClN2O5S2/c1-15(2)28-19-11-10-16(30(26,27)23-12-6-3-7-13-23)14-18(19)22-29(24,25)20-9-5-4-8-17(20)21/h4-5,8-11,14-15,22H,3,6-7,12-13H2,1-2H3. The predicted octanol–water partition coefficient (Wildman–Crippen LogP) is 4.10. The first kappa shape index (κ1) is 22.9. The van der Waals surface area contributed by atoms with Crippen LogP contribution in [0.25, 0.3) is 0 Å². The second-order valence-electron chi connectivity index (χ2n) is 7.33. The zero-order valence-electron chi connectivity index (χ0n) is 16.8. The Labute approximate surface area is 183 Å². The zero-order chi connectivity index (χ0) is 21.9. The molecule has 7 nitrogen and oxygen atoms in total. The molecule has 1 aliphatic heterocycles. The van der Waals surface area contributed by atoms with Crippen molar-refractivity contribution >= 4 is 37.3 Å². The quantitative estimate of drug-likeness (QED) is 0.654. The van der Waals surface area contributed by atoms with E-state index in [-0.39, 0.29) is 32.4 Å². The number of piperidine rings is 1. The highest BCUT2D eigenvalue weighted by Gasteiger charge is 2.28. The van der Waals surface area contributed by atoms with E-state index in [1.165, 1.54) is 34.6 Å². The van der Waals surface area contributed by atoms with E-state index < -0.39 is 20.0 Å². The van der Waals surface area contributed by atoms with Crippen molar-refractivity contribution in [1.29, 1.82) is 0 Å². The molecule has 2 aromatic carbocycles. The van der Waals surface area contributed by atoms with Crippen molar-refractivity contribution < 1.29 is 21.6 Å². The van der Waals surface area contributed by atoms with Gasteiger partial charge in [-0.05, 0) is 57.0 Å². The first-order valence-electron chi connectivity index (χ1n) is 9.69. The molecule has 0 unspecified atom stereocenters. The van der Waals surface area contributed by atoms with Gasteiger partial charge in [-0.25, -0.2) is 16.8 Å². The number of ether oxygens (including phenoxy) is 1. The summed E-state index contributed by atoms with van der Waals surface area (Å²) < 4.78 is 61.5. The Bertz CT molecular complexity index is 1110. The summed E-state index contributed by atoms with van der Waals surface area (Å²) in [5.41, 5.74) is 0.0432. The molecule has 10 heteroatoms. The van der Waals surface area contributed by atoms with Gasteiger partial charge in [-0.2, -0.15) is 4.31 Å². The molecule has 0 bridgehead atoms. The van der Waals surface area contributed by atoms with Crippen LogP contribution in [0.4, 0.5) is 5.69 Å². The third-order valence-electron chi connectivity index (χ3n) is 4.64. The lowest BCUT2D eigenvalue weighted by molar-refractivity contribution is 0.243. The van der Waals surface area contributed by atoms with Crippen LogP contribution >= 0.6 is 11.6 Å². The monoisotopic (exact) mass is 472 g/mol. The van der Waals surface area contributed by atoms with E-state index in [2.05, 4.69) is 4.72 Å². The van der Waals surface area contributed by atoms with Gasteiger partial charge in [-0.3, -0.25) is 4.72 Å². The topological polar surface area (TPSA) is 92.8 Å². The summed E-state index contributed by atoms with van der Waals surface area (Å²) in [7, 11) is -7.80. The molecule has 1 aliphatic rings. The van der Waals surface area contributed by atoms with Gasteiger partial charge < -0.3 is 4.74 Å². The van der Waals surface area contributed by atoms with E-state index in [0.29, 0.717) is 13.1 Å². The van der Waals surface area contributed by atoms with E-state index in [4.69, 9.17) is 16.3 Å². The number of benzene rings is 2. The second kappa shape index (κ2) is 9.13. The molecule has 2 aromatic rings. The molecule has 0 atom stereocenters. The average Bonchev–Trinajstić information content (AvgIpc) is 2.69. The molecule has 0 spiro atoms. The molecule has 1 heterocycles. The van der Waals surface area contributed by atoms with Crippen molar-refractivity contribution in [3.05, 3.63) is 47.5 Å². The molecule has 164 valence electrons. The van der Waals surface area contributed by atoms with Crippen LogP contribution in [0.15, 0.2) is 52.3 Å². The fraction of sp³-hybridized carbons (Fsp3) is 0.400. The lowest BCUT2D eigenvalue weighted by Crippen LogP contribution is -2.35. The van der Waals surface area contributed by atoms with E-state index in [0.717, 1.165) is 19.3 Å². The zero-order valence-corrected chi connectivity index (χ0v) is 19.2. The molecule has 0 amide bonds. The predicted molar refractivity (Wildman–Crippen MR) is 117 cm³/mol. The first-order valence-corrected chi connectivity index (χ1v) is 13.0. The minimum Gasteiger partial charge on any atom is -0.489 e. The molecule has 0 radical (unpaired) electrons. The molecule has 1 saturated heterocycles. The first-order chi connectivity index (χ1) is 14.1. The fourth-order valence-corrected chi connectivity index (χ4v) is 6.35. The van der Waals surface area contributed by atoms with E-state index in [9.17, 15) is 16.8 Å². The highest BCUT2D eigenvalue weighted by atomic mass is 35.5. The minimum absolute atomic E-state index is 0.0114. The van der Waals surface area contributed by atoms with Crippen molar-refractivity contribution in [2.75, 3.05) is 17.8 Å². The van der Waals surface area contributed by atoms with Crippen molar-refractivity contribution in [1.82, 2.24) is 4.31 Å². The Morgan fingerprint density at radius 1 is 1.00 bits per heavy atom. The van der Waals surface area contributed by atoms with Crippen LogP contribution in [0.1, 0.15) is 33.1 Å². The Morgan fingerprint density at radius 2 is 1.67 bits per heavy atom. The van der Waals surface area contributed by atoms with E-state index in [1.54, 1.807) is 26.0 Å². The molecule has 0 saturated carbocycles. The third kappa shape index (κ3) is 5.08. The Hall–Kier alpha value is -1.81. The lowest BCUT2D eigenvalue weighted by Gasteiger charge is -2.26. The number of anilines is 1. The van der Waals surface area contributed by atoms with Gasteiger partial charge in [-0.1, -0.05) is 30.2 Å². The van der Waals surface area contributed by atoms with Crippen LogP contribution in [-0.4, -0.2) is 40.3 Å². The summed E-state index contributed by atoms with van der Waals surface area (Å²) in [6, 6.07) is 10.2. The minimum atomic E-state index is -4.06. The number of nitrogens with one attached hydrogen (secondary N) is 1. The second-order valence-corrected chi connectivity index (χ2v) is 11.3. The molecule has 1 N–H and O–H groups in total. The Balaban J connectivity index is 2.03.